The molecule has 3 heterocycles. The molecule has 0 saturated heterocycles. The Labute approximate surface area is 249 Å². The number of aromatic nitrogens is 4. The predicted octanol–water partition coefficient (Wildman–Crippen LogP) is 9.64. The summed E-state index contributed by atoms with van der Waals surface area (Å²) in [7, 11) is 0. The van der Waals surface area contributed by atoms with Crippen molar-refractivity contribution in [2.45, 2.75) is 0 Å². The van der Waals surface area contributed by atoms with Gasteiger partial charge in [-0.15, -0.1) is 0 Å². The maximum Gasteiger partial charge on any atom is 0.160 e. The molecule has 0 aliphatic carbocycles. The lowest BCUT2D eigenvalue weighted by atomic mass is 10.0. The van der Waals surface area contributed by atoms with Gasteiger partial charge < -0.3 is 4.57 Å². The zero-order valence-electron chi connectivity index (χ0n) is 23.3. The first kappa shape index (κ1) is 24.9. The summed E-state index contributed by atoms with van der Waals surface area (Å²) < 4.78 is 2.27. The van der Waals surface area contributed by atoms with Crippen molar-refractivity contribution in [3.8, 4) is 50.7 Å². The van der Waals surface area contributed by atoms with Gasteiger partial charge in [-0.1, -0.05) is 115 Å². The Hall–Kier alpha value is -5.87. The third kappa shape index (κ3) is 4.55. The SMILES string of the molecule is c1ccc(-c2ccc(-c3cc(-c4ccc(-n5c6ccccc6c6ccncc65)cc4)nc(-c4ccccc4)n3)cc2)cc1. The van der Waals surface area contributed by atoms with Crippen molar-refractivity contribution < 1.29 is 0 Å². The topological polar surface area (TPSA) is 43.6 Å². The van der Waals surface area contributed by atoms with Crippen molar-refractivity contribution in [2.24, 2.45) is 0 Å². The molecular weight excluding hydrogens is 524 g/mol. The zero-order valence-corrected chi connectivity index (χ0v) is 23.3. The molecule has 8 rings (SSSR count). The second-order valence-electron chi connectivity index (χ2n) is 10.6. The van der Waals surface area contributed by atoms with Gasteiger partial charge in [-0.2, -0.15) is 0 Å². The lowest BCUT2D eigenvalue weighted by molar-refractivity contribution is 1.16. The fourth-order valence-electron chi connectivity index (χ4n) is 5.80. The summed E-state index contributed by atoms with van der Waals surface area (Å²) in [5.41, 5.74) is 10.5. The van der Waals surface area contributed by atoms with Crippen molar-refractivity contribution in [2.75, 3.05) is 0 Å². The van der Waals surface area contributed by atoms with Gasteiger partial charge in [0.1, 0.15) is 0 Å². The van der Waals surface area contributed by atoms with Gasteiger partial charge in [0.2, 0.25) is 0 Å². The lowest BCUT2D eigenvalue weighted by Gasteiger charge is -2.11. The van der Waals surface area contributed by atoms with Crippen LogP contribution >= 0.6 is 0 Å². The first-order valence-electron chi connectivity index (χ1n) is 14.4. The zero-order chi connectivity index (χ0) is 28.6. The van der Waals surface area contributed by atoms with Crippen LogP contribution in [0.3, 0.4) is 0 Å². The standard InChI is InChI=1S/C39H26N4/c1-3-9-27(10-4-1)28-15-17-29(18-16-28)35-25-36(42-39(41-35)31-11-5-2-6-12-31)30-19-21-32(22-20-30)43-37-14-8-7-13-33(37)34-23-24-40-26-38(34)43/h1-26H. The largest absolute Gasteiger partial charge is 0.308 e. The third-order valence-electron chi connectivity index (χ3n) is 7.94. The van der Waals surface area contributed by atoms with Gasteiger partial charge in [0.05, 0.1) is 28.6 Å². The molecule has 4 nitrogen and oxygen atoms in total. The van der Waals surface area contributed by atoms with E-state index in [0.29, 0.717) is 5.82 Å². The molecule has 4 heteroatoms. The first-order chi connectivity index (χ1) is 21.3. The van der Waals surface area contributed by atoms with Crippen molar-refractivity contribution in [1.82, 2.24) is 19.5 Å². The van der Waals surface area contributed by atoms with Crippen molar-refractivity contribution in [3.05, 3.63) is 158 Å². The summed E-state index contributed by atoms with van der Waals surface area (Å²) in [6, 6.07) is 50.5. The predicted molar refractivity (Wildman–Crippen MR) is 176 cm³/mol. The number of fused-ring (bicyclic) bond motifs is 3. The molecule has 0 bridgehead atoms. The van der Waals surface area contributed by atoms with Crippen LogP contribution in [-0.2, 0) is 0 Å². The van der Waals surface area contributed by atoms with Crippen molar-refractivity contribution in [1.29, 1.82) is 0 Å². The minimum atomic E-state index is 0.706. The Morgan fingerprint density at radius 1 is 0.419 bits per heavy atom. The molecule has 5 aromatic carbocycles. The molecule has 0 aliphatic heterocycles. The molecule has 202 valence electrons. The van der Waals surface area contributed by atoms with Crippen molar-refractivity contribution >= 4 is 21.8 Å². The van der Waals surface area contributed by atoms with Crippen LogP contribution in [0.4, 0.5) is 0 Å². The van der Waals surface area contributed by atoms with Crippen LogP contribution in [0.25, 0.3) is 72.5 Å². The maximum absolute atomic E-state index is 5.03. The second-order valence-corrected chi connectivity index (χ2v) is 10.6. The maximum atomic E-state index is 5.03. The number of para-hydroxylation sites is 1. The van der Waals surface area contributed by atoms with Crippen LogP contribution in [0.15, 0.2) is 158 Å². The van der Waals surface area contributed by atoms with Gasteiger partial charge in [0.15, 0.2) is 5.82 Å². The quantitative estimate of drug-likeness (QED) is 0.214. The van der Waals surface area contributed by atoms with E-state index in [2.05, 4.69) is 131 Å². The molecular formula is C39H26N4. The monoisotopic (exact) mass is 550 g/mol. The summed E-state index contributed by atoms with van der Waals surface area (Å²) in [4.78, 5) is 14.5. The van der Waals surface area contributed by atoms with Crippen LogP contribution in [0.1, 0.15) is 0 Å². The molecule has 0 radical (unpaired) electrons. The second kappa shape index (κ2) is 10.5. The van der Waals surface area contributed by atoms with E-state index in [1.807, 2.05) is 36.7 Å². The van der Waals surface area contributed by atoms with Gasteiger partial charge in [-0.05, 0) is 41.5 Å². The molecule has 3 aromatic heterocycles. The van der Waals surface area contributed by atoms with E-state index >= 15 is 0 Å². The Bertz CT molecular complexity index is 2150. The fourth-order valence-corrected chi connectivity index (χ4v) is 5.80. The van der Waals surface area contributed by atoms with Crippen LogP contribution in [0.5, 0.6) is 0 Å². The fraction of sp³-hybridized carbons (Fsp3) is 0. The smallest absolute Gasteiger partial charge is 0.160 e. The van der Waals surface area contributed by atoms with E-state index < -0.39 is 0 Å². The van der Waals surface area contributed by atoms with E-state index in [1.54, 1.807) is 0 Å². The molecule has 8 aromatic rings. The summed E-state index contributed by atoms with van der Waals surface area (Å²) >= 11 is 0. The van der Waals surface area contributed by atoms with E-state index in [1.165, 1.54) is 21.9 Å². The molecule has 0 saturated carbocycles. The lowest BCUT2D eigenvalue weighted by Crippen LogP contribution is -1.97. The molecule has 0 atom stereocenters. The van der Waals surface area contributed by atoms with E-state index in [-0.39, 0.29) is 0 Å². The summed E-state index contributed by atoms with van der Waals surface area (Å²) in [5.74, 6) is 0.706. The third-order valence-corrected chi connectivity index (χ3v) is 7.94. The minimum absolute atomic E-state index is 0.706. The highest BCUT2D eigenvalue weighted by molar-refractivity contribution is 6.08. The number of rotatable bonds is 5. The van der Waals surface area contributed by atoms with Crippen LogP contribution in [-0.4, -0.2) is 19.5 Å². The first-order valence-corrected chi connectivity index (χ1v) is 14.4. The highest BCUT2D eigenvalue weighted by Crippen LogP contribution is 2.33. The van der Waals surface area contributed by atoms with Crippen molar-refractivity contribution in [3.63, 3.8) is 0 Å². The molecule has 0 spiro atoms. The minimum Gasteiger partial charge on any atom is -0.308 e. The molecule has 0 amide bonds. The number of hydrogen-bond acceptors (Lipinski definition) is 3. The van der Waals surface area contributed by atoms with Gasteiger partial charge in [-0.3, -0.25) is 4.98 Å². The Morgan fingerprint density at radius 2 is 0.953 bits per heavy atom. The summed E-state index contributed by atoms with van der Waals surface area (Å²) in [6.45, 7) is 0. The van der Waals surface area contributed by atoms with Gasteiger partial charge in [0.25, 0.3) is 0 Å². The number of benzene rings is 5. The molecule has 0 fully saturated rings. The van der Waals surface area contributed by atoms with Gasteiger partial charge in [-0.25, -0.2) is 9.97 Å². The van der Waals surface area contributed by atoms with E-state index in [4.69, 9.17) is 9.97 Å². The Balaban J connectivity index is 1.22. The van der Waals surface area contributed by atoms with E-state index in [9.17, 15) is 0 Å². The molecule has 0 N–H and O–H groups in total. The number of hydrogen-bond donors (Lipinski definition) is 0. The number of nitrogens with zero attached hydrogens (tertiary/aromatic N) is 4. The molecule has 43 heavy (non-hydrogen) atoms. The van der Waals surface area contributed by atoms with Gasteiger partial charge in [0, 0.05) is 39.3 Å². The molecule has 0 unspecified atom stereocenters. The highest BCUT2D eigenvalue weighted by Gasteiger charge is 2.14. The Morgan fingerprint density at radius 3 is 1.65 bits per heavy atom. The molecule has 0 aliphatic rings. The van der Waals surface area contributed by atoms with Crippen LogP contribution in [0, 0.1) is 0 Å². The normalized spacial score (nSPS) is 11.3. The van der Waals surface area contributed by atoms with E-state index in [0.717, 1.165) is 44.8 Å². The average molecular weight is 551 g/mol. The van der Waals surface area contributed by atoms with Gasteiger partial charge >= 0.3 is 0 Å². The van der Waals surface area contributed by atoms with Crippen LogP contribution < -0.4 is 0 Å². The number of pyridine rings is 1. The highest BCUT2D eigenvalue weighted by atomic mass is 15.0. The summed E-state index contributed by atoms with van der Waals surface area (Å²) in [5, 5.41) is 2.41. The average Bonchev–Trinajstić information content (AvgIpc) is 3.43. The summed E-state index contributed by atoms with van der Waals surface area (Å²) in [6.07, 6.45) is 3.80. The Kier molecular flexibility index (Phi) is 6.08. The van der Waals surface area contributed by atoms with Crippen LogP contribution in [0.2, 0.25) is 0 Å².